The third-order valence-corrected chi connectivity index (χ3v) is 3.01. The molecule has 2 N–H and O–H groups in total. The number of oxime groups is 1. The van der Waals surface area contributed by atoms with Crippen molar-refractivity contribution >= 4 is 17.6 Å². The van der Waals surface area contributed by atoms with Crippen molar-refractivity contribution in [1.82, 2.24) is 15.2 Å². The van der Waals surface area contributed by atoms with E-state index in [4.69, 9.17) is 10.6 Å². The molecule has 0 fully saturated rings. The molecule has 0 amide bonds. The number of aromatic nitrogens is 2. The van der Waals surface area contributed by atoms with Crippen LogP contribution in [0.3, 0.4) is 0 Å². The van der Waals surface area contributed by atoms with Crippen LogP contribution < -0.4 is 5.73 Å². The van der Waals surface area contributed by atoms with E-state index < -0.39 is 5.97 Å². The minimum atomic E-state index is -0.569. The van der Waals surface area contributed by atoms with Crippen LogP contribution in [0.15, 0.2) is 40.1 Å². The Morgan fingerprint density at radius 3 is 2.50 bits per heavy atom. The zero-order valence-corrected chi connectivity index (χ0v) is 12.4. The number of anilines is 1. The molecule has 0 atom stereocenters. The van der Waals surface area contributed by atoms with Crippen molar-refractivity contribution in [3.05, 3.63) is 41.6 Å². The van der Waals surface area contributed by atoms with E-state index in [1.165, 1.54) is 0 Å². The molecule has 0 spiro atoms. The van der Waals surface area contributed by atoms with Gasteiger partial charge in [0.15, 0.2) is 11.5 Å². The number of amidine groups is 1. The Hall–Kier alpha value is -2.90. The summed E-state index contributed by atoms with van der Waals surface area (Å²) in [6.07, 6.45) is 0. The normalized spacial score (nSPS) is 11.3. The van der Waals surface area contributed by atoms with Crippen molar-refractivity contribution in [2.45, 2.75) is 13.8 Å². The summed E-state index contributed by atoms with van der Waals surface area (Å²) in [6.45, 7) is 5.12. The summed E-state index contributed by atoms with van der Waals surface area (Å²) in [5.74, 6) is -0.185. The van der Waals surface area contributed by atoms with E-state index in [-0.39, 0.29) is 11.5 Å². The first-order chi connectivity index (χ1) is 10.7. The Labute approximate surface area is 127 Å². The van der Waals surface area contributed by atoms with Gasteiger partial charge in [0.25, 0.3) is 0 Å². The highest BCUT2D eigenvalue weighted by Gasteiger charge is 2.20. The van der Waals surface area contributed by atoms with Crippen molar-refractivity contribution in [3.63, 3.8) is 0 Å². The molecule has 0 aliphatic heterocycles. The van der Waals surface area contributed by atoms with Gasteiger partial charge in [-0.3, -0.25) is 0 Å². The summed E-state index contributed by atoms with van der Waals surface area (Å²) in [7, 11) is 0. The number of hydrogen-bond acceptors (Lipinski definition) is 7. The number of nitrogens with two attached hydrogens (primary N) is 1. The fraction of sp³-hybridized carbons (Fsp3) is 0.286. The van der Waals surface area contributed by atoms with Gasteiger partial charge in [-0.05, 0) is 36.3 Å². The standard InChI is InChI=1S/C14H17N5O3/c1-3-19(4-2)13(11-12(15)17-22-16-11)18-21-14(20)10-8-6-5-7-9-10/h5-9H,3-4H2,1-2H3,(H2,15,17). The molecule has 8 heteroatoms. The van der Waals surface area contributed by atoms with E-state index in [1.807, 2.05) is 24.8 Å². The lowest BCUT2D eigenvalue weighted by molar-refractivity contribution is 0.0510. The van der Waals surface area contributed by atoms with E-state index in [2.05, 4.69) is 20.1 Å². The van der Waals surface area contributed by atoms with Gasteiger partial charge in [-0.25, -0.2) is 9.42 Å². The van der Waals surface area contributed by atoms with Crippen LogP contribution in [-0.4, -0.2) is 40.1 Å². The summed E-state index contributed by atoms with van der Waals surface area (Å²) >= 11 is 0. The molecule has 8 nitrogen and oxygen atoms in total. The molecule has 0 saturated heterocycles. The smallest absolute Gasteiger partial charge is 0.365 e. The second-order valence-electron chi connectivity index (χ2n) is 4.33. The fourth-order valence-corrected chi connectivity index (χ4v) is 1.84. The van der Waals surface area contributed by atoms with E-state index in [0.29, 0.717) is 24.5 Å². The second kappa shape index (κ2) is 7.21. The first-order valence-electron chi connectivity index (χ1n) is 6.85. The Bertz CT molecular complexity index is 650. The van der Waals surface area contributed by atoms with Crippen LogP contribution in [-0.2, 0) is 4.84 Å². The maximum atomic E-state index is 12.0. The van der Waals surface area contributed by atoms with Gasteiger partial charge in [-0.2, -0.15) is 0 Å². The molecule has 0 radical (unpaired) electrons. The van der Waals surface area contributed by atoms with Crippen molar-refractivity contribution in [2.24, 2.45) is 5.16 Å². The van der Waals surface area contributed by atoms with Crippen molar-refractivity contribution in [2.75, 3.05) is 18.8 Å². The molecule has 0 unspecified atom stereocenters. The number of hydrogen-bond donors (Lipinski definition) is 1. The minimum absolute atomic E-state index is 0.0846. The number of carbonyl (C=O) groups is 1. The summed E-state index contributed by atoms with van der Waals surface area (Å²) in [6, 6.07) is 8.57. The third-order valence-electron chi connectivity index (χ3n) is 3.01. The van der Waals surface area contributed by atoms with Gasteiger partial charge in [0, 0.05) is 13.1 Å². The number of benzene rings is 1. The molecule has 0 bridgehead atoms. The van der Waals surface area contributed by atoms with Gasteiger partial charge >= 0.3 is 5.97 Å². The Balaban J connectivity index is 2.25. The number of rotatable bonds is 5. The first kappa shape index (κ1) is 15.5. The molecule has 2 aromatic rings. The van der Waals surface area contributed by atoms with Crippen LogP contribution in [0.1, 0.15) is 29.9 Å². The molecule has 2 rings (SSSR count). The second-order valence-corrected chi connectivity index (χ2v) is 4.33. The maximum absolute atomic E-state index is 12.0. The molecule has 1 aromatic carbocycles. The zero-order valence-electron chi connectivity index (χ0n) is 12.4. The first-order valence-corrected chi connectivity index (χ1v) is 6.85. The van der Waals surface area contributed by atoms with Gasteiger partial charge in [-0.15, -0.1) is 0 Å². The Morgan fingerprint density at radius 1 is 1.27 bits per heavy atom. The van der Waals surface area contributed by atoms with E-state index in [0.717, 1.165) is 0 Å². The van der Waals surface area contributed by atoms with Gasteiger partial charge in [0.2, 0.25) is 5.84 Å². The quantitative estimate of drug-likeness (QED) is 0.386. The molecule has 0 aliphatic carbocycles. The molecular weight excluding hydrogens is 286 g/mol. The lowest BCUT2D eigenvalue weighted by Gasteiger charge is -2.20. The maximum Gasteiger partial charge on any atom is 0.365 e. The summed E-state index contributed by atoms with van der Waals surface area (Å²) < 4.78 is 4.58. The molecule has 1 heterocycles. The molecule has 0 saturated carbocycles. The average molecular weight is 303 g/mol. The predicted octanol–water partition coefficient (Wildman–Crippen LogP) is 1.51. The monoisotopic (exact) mass is 303 g/mol. The highest BCUT2D eigenvalue weighted by Crippen LogP contribution is 2.11. The van der Waals surface area contributed by atoms with Gasteiger partial charge < -0.3 is 15.5 Å². The van der Waals surface area contributed by atoms with Crippen LogP contribution >= 0.6 is 0 Å². The van der Waals surface area contributed by atoms with Crippen LogP contribution in [0, 0.1) is 0 Å². The summed E-state index contributed by atoms with van der Waals surface area (Å²) in [5, 5.41) is 11.1. The van der Waals surface area contributed by atoms with Gasteiger partial charge in [0.05, 0.1) is 5.56 Å². The van der Waals surface area contributed by atoms with Crippen molar-refractivity contribution in [3.8, 4) is 0 Å². The van der Waals surface area contributed by atoms with Crippen LogP contribution in [0.2, 0.25) is 0 Å². The number of carbonyl (C=O) groups excluding carboxylic acids is 1. The SMILES string of the molecule is CCN(CC)C(=NOC(=O)c1ccccc1)c1nonc1N. The highest BCUT2D eigenvalue weighted by molar-refractivity contribution is 6.00. The Kier molecular flexibility index (Phi) is 5.07. The number of nitrogen functional groups attached to an aromatic ring is 1. The van der Waals surface area contributed by atoms with Crippen molar-refractivity contribution in [1.29, 1.82) is 0 Å². The highest BCUT2D eigenvalue weighted by atomic mass is 16.7. The molecule has 116 valence electrons. The third kappa shape index (κ3) is 3.40. The van der Waals surface area contributed by atoms with Crippen molar-refractivity contribution < 1.29 is 14.3 Å². The Morgan fingerprint density at radius 2 is 1.95 bits per heavy atom. The molecule has 22 heavy (non-hydrogen) atoms. The lowest BCUT2D eigenvalue weighted by Crippen LogP contribution is -2.32. The lowest BCUT2D eigenvalue weighted by atomic mass is 10.2. The summed E-state index contributed by atoms with van der Waals surface area (Å²) in [4.78, 5) is 18.8. The molecular formula is C14H17N5O3. The van der Waals surface area contributed by atoms with E-state index in [9.17, 15) is 4.79 Å². The summed E-state index contributed by atoms with van der Waals surface area (Å²) in [5.41, 5.74) is 6.33. The van der Waals surface area contributed by atoms with E-state index >= 15 is 0 Å². The minimum Gasteiger partial charge on any atom is -0.379 e. The zero-order chi connectivity index (χ0) is 15.9. The van der Waals surface area contributed by atoms with Gasteiger partial charge in [0.1, 0.15) is 0 Å². The van der Waals surface area contributed by atoms with Crippen LogP contribution in [0.5, 0.6) is 0 Å². The largest absolute Gasteiger partial charge is 0.379 e. The van der Waals surface area contributed by atoms with Gasteiger partial charge in [-0.1, -0.05) is 23.4 Å². The van der Waals surface area contributed by atoms with E-state index in [1.54, 1.807) is 24.3 Å². The predicted molar refractivity (Wildman–Crippen MR) is 80.0 cm³/mol. The molecule has 1 aromatic heterocycles. The topological polar surface area (TPSA) is 107 Å². The number of nitrogens with zero attached hydrogens (tertiary/aromatic N) is 4. The van der Waals surface area contributed by atoms with Crippen LogP contribution in [0.25, 0.3) is 0 Å². The average Bonchev–Trinajstić information content (AvgIpc) is 2.98. The van der Waals surface area contributed by atoms with Crippen LogP contribution in [0.4, 0.5) is 5.82 Å². The fourth-order valence-electron chi connectivity index (χ4n) is 1.84. The molecule has 0 aliphatic rings.